The second-order valence-corrected chi connectivity index (χ2v) is 3.25. The van der Waals surface area contributed by atoms with Crippen molar-refractivity contribution in [2.24, 2.45) is 5.73 Å². The van der Waals surface area contributed by atoms with Crippen LogP contribution in [-0.4, -0.2) is 12.0 Å². The SMILES string of the molecule is C=CC(N)C1C(=O)Oc2ccccc21. The minimum absolute atomic E-state index is 0.293. The summed E-state index contributed by atoms with van der Waals surface area (Å²) in [5.41, 5.74) is 6.62. The number of hydrogen-bond acceptors (Lipinski definition) is 3. The maximum Gasteiger partial charge on any atom is 0.320 e. The maximum atomic E-state index is 11.5. The third-order valence-corrected chi connectivity index (χ3v) is 2.38. The van der Waals surface area contributed by atoms with E-state index in [1.807, 2.05) is 18.2 Å². The van der Waals surface area contributed by atoms with Crippen LogP contribution in [0.2, 0.25) is 0 Å². The first kappa shape index (κ1) is 8.97. The van der Waals surface area contributed by atoms with Gasteiger partial charge in [-0.2, -0.15) is 0 Å². The molecule has 2 unspecified atom stereocenters. The van der Waals surface area contributed by atoms with Crippen LogP contribution in [0.5, 0.6) is 5.75 Å². The van der Waals surface area contributed by atoms with Crippen molar-refractivity contribution >= 4 is 5.97 Å². The number of rotatable bonds is 2. The highest BCUT2D eigenvalue weighted by Gasteiger charge is 2.35. The lowest BCUT2D eigenvalue weighted by atomic mass is 9.93. The van der Waals surface area contributed by atoms with Crippen LogP contribution in [0.1, 0.15) is 11.5 Å². The number of hydrogen-bond donors (Lipinski definition) is 1. The molecule has 1 aromatic carbocycles. The number of ether oxygens (including phenoxy) is 1. The van der Waals surface area contributed by atoms with E-state index in [4.69, 9.17) is 10.5 Å². The van der Waals surface area contributed by atoms with Crippen molar-refractivity contribution < 1.29 is 9.53 Å². The van der Waals surface area contributed by atoms with Crippen molar-refractivity contribution in [2.75, 3.05) is 0 Å². The molecule has 1 aliphatic heterocycles. The van der Waals surface area contributed by atoms with E-state index in [1.165, 1.54) is 0 Å². The molecule has 0 radical (unpaired) electrons. The average molecular weight is 189 g/mol. The first-order valence-corrected chi connectivity index (χ1v) is 4.43. The minimum atomic E-state index is -0.399. The van der Waals surface area contributed by atoms with Gasteiger partial charge in [-0.3, -0.25) is 4.79 Å². The molecule has 3 heteroatoms. The molecule has 0 amide bonds. The van der Waals surface area contributed by atoms with Gasteiger partial charge < -0.3 is 10.5 Å². The molecule has 2 rings (SSSR count). The van der Waals surface area contributed by atoms with Crippen molar-refractivity contribution in [1.82, 2.24) is 0 Å². The monoisotopic (exact) mass is 189 g/mol. The lowest BCUT2D eigenvalue weighted by Gasteiger charge is -2.11. The summed E-state index contributed by atoms with van der Waals surface area (Å²) < 4.78 is 5.08. The van der Waals surface area contributed by atoms with Gasteiger partial charge in [0.2, 0.25) is 0 Å². The predicted molar refractivity (Wildman–Crippen MR) is 53.0 cm³/mol. The van der Waals surface area contributed by atoms with Gasteiger partial charge in [0, 0.05) is 11.6 Å². The van der Waals surface area contributed by atoms with E-state index >= 15 is 0 Å². The Labute approximate surface area is 82.2 Å². The quantitative estimate of drug-likeness (QED) is 0.432. The summed E-state index contributed by atoms with van der Waals surface area (Å²) in [5, 5.41) is 0. The molecule has 0 bridgehead atoms. The molecule has 0 spiro atoms. The minimum Gasteiger partial charge on any atom is -0.426 e. The van der Waals surface area contributed by atoms with Crippen molar-refractivity contribution in [3.05, 3.63) is 42.5 Å². The van der Waals surface area contributed by atoms with Crippen LogP contribution >= 0.6 is 0 Å². The highest BCUT2D eigenvalue weighted by Crippen LogP contribution is 2.36. The average Bonchev–Trinajstić information content (AvgIpc) is 2.53. The standard InChI is InChI=1S/C11H11NO2/c1-2-8(12)10-7-5-3-4-6-9(7)14-11(10)13/h2-6,8,10H,1,12H2. The normalized spacial score (nSPS) is 21.2. The molecule has 0 aromatic heterocycles. The zero-order valence-electron chi connectivity index (χ0n) is 7.64. The fourth-order valence-electron chi connectivity index (χ4n) is 1.63. The summed E-state index contributed by atoms with van der Waals surface area (Å²) in [6.45, 7) is 3.58. The molecule has 0 saturated carbocycles. The van der Waals surface area contributed by atoms with E-state index in [1.54, 1.807) is 12.1 Å². The van der Waals surface area contributed by atoms with Crippen LogP contribution in [0.15, 0.2) is 36.9 Å². The molecule has 0 fully saturated rings. The van der Waals surface area contributed by atoms with E-state index in [-0.39, 0.29) is 12.0 Å². The Bertz CT molecular complexity index is 387. The van der Waals surface area contributed by atoms with Crippen LogP contribution in [-0.2, 0) is 4.79 Å². The number of fused-ring (bicyclic) bond motifs is 1. The van der Waals surface area contributed by atoms with Gasteiger partial charge in [-0.05, 0) is 6.07 Å². The van der Waals surface area contributed by atoms with E-state index in [0.717, 1.165) is 5.56 Å². The number of para-hydroxylation sites is 1. The van der Waals surface area contributed by atoms with Crippen LogP contribution in [0, 0.1) is 0 Å². The summed E-state index contributed by atoms with van der Waals surface area (Å²) in [7, 11) is 0. The highest BCUT2D eigenvalue weighted by molar-refractivity contribution is 5.87. The molecule has 1 heterocycles. The Morgan fingerprint density at radius 1 is 1.50 bits per heavy atom. The Morgan fingerprint density at radius 2 is 2.21 bits per heavy atom. The van der Waals surface area contributed by atoms with Crippen LogP contribution in [0.25, 0.3) is 0 Å². The first-order chi connectivity index (χ1) is 6.74. The zero-order chi connectivity index (χ0) is 10.1. The first-order valence-electron chi connectivity index (χ1n) is 4.43. The van der Waals surface area contributed by atoms with Gasteiger partial charge in [0.05, 0.1) is 0 Å². The number of nitrogens with two attached hydrogens (primary N) is 1. The molecule has 3 nitrogen and oxygen atoms in total. The second-order valence-electron chi connectivity index (χ2n) is 3.25. The number of carbonyl (C=O) groups is 1. The van der Waals surface area contributed by atoms with Gasteiger partial charge >= 0.3 is 5.97 Å². The Kier molecular flexibility index (Phi) is 2.09. The molecule has 1 aromatic rings. The fourth-order valence-corrected chi connectivity index (χ4v) is 1.63. The molecule has 2 N–H and O–H groups in total. The lowest BCUT2D eigenvalue weighted by molar-refractivity contribution is -0.134. The third kappa shape index (κ3) is 1.22. The summed E-state index contributed by atoms with van der Waals surface area (Å²) >= 11 is 0. The van der Waals surface area contributed by atoms with Gasteiger partial charge in [-0.15, -0.1) is 6.58 Å². The molecule has 72 valence electrons. The summed E-state index contributed by atoms with van der Waals surface area (Å²) in [6, 6.07) is 6.93. The van der Waals surface area contributed by atoms with E-state index < -0.39 is 5.92 Å². The highest BCUT2D eigenvalue weighted by atomic mass is 16.5. The molecule has 0 saturated heterocycles. The Balaban J connectivity index is 2.44. The summed E-state index contributed by atoms with van der Waals surface area (Å²) in [4.78, 5) is 11.5. The second kappa shape index (κ2) is 3.27. The van der Waals surface area contributed by atoms with E-state index in [0.29, 0.717) is 5.75 Å². The van der Waals surface area contributed by atoms with Crippen LogP contribution < -0.4 is 10.5 Å². The maximum absolute atomic E-state index is 11.5. The van der Waals surface area contributed by atoms with Crippen molar-refractivity contribution in [2.45, 2.75) is 12.0 Å². The lowest BCUT2D eigenvalue weighted by Crippen LogP contribution is -2.30. The molecule has 14 heavy (non-hydrogen) atoms. The Morgan fingerprint density at radius 3 is 2.93 bits per heavy atom. The largest absolute Gasteiger partial charge is 0.426 e. The fraction of sp³-hybridized carbons (Fsp3) is 0.182. The molecular weight excluding hydrogens is 178 g/mol. The predicted octanol–water partition coefficient (Wildman–Crippen LogP) is 1.20. The van der Waals surface area contributed by atoms with Crippen molar-refractivity contribution in [3.8, 4) is 5.75 Å². The molecular formula is C11H11NO2. The van der Waals surface area contributed by atoms with Gasteiger partial charge in [-0.25, -0.2) is 0 Å². The molecule has 2 atom stereocenters. The van der Waals surface area contributed by atoms with Crippen LogP contribution in [0.4, 0.5) is 0 Å². The van der Waals surface area contributed by atoms with Gasteiger partial charge in [0.1, 0.15) is 11.7 Å². The summed E-state index contributed by atoms with van der Waals surface area (Å²) in [5.74, 6) is -0.0814. The van der Waals surface area contributed by atoms with Crippen LogP contribution in [0.3, 0.4) is 0 Å². The van der Waals surface area contributed by atoms with Gasteiger partial charge in [-0.1, -0.05) is 24.3 Å². The third-order valence-electron chi connectivity index (χ3n) is 2.38. The summed E-state index contributed by atoms with van der Waals surface area (Å²) in [6.07, 6.45) is 1.56. The van der Waals surface area contributed by atoms with E-state index in [9.17, 15) is 4.79 Å². The molecule has 1 aliphatic rings. The topological polar surface area (TPSA) is 52.3 Å². The van der Waals surface area contributed by atoms with Gasteiger partial charge in [0.15, 0.2) is 0 Å². The Hall–Kier alpha value is -1.61. The smallest absolute Gasteiger partial charge is 0.320 e. The van der Waals surface area contributed by atoms with Gasteiger partial charge in [0.25, 0.3) is 0 Å². The number of esters is 1. The van der Waals surface area contributed by atoms with E-state index in [2.05, 4.69) is 6.58 Å². The number of benzene rings is 1. The van der Waals surface area contributed by atoms with Crippen molar-refractivity contribution in [3.63, 3.8) is 0 Å². The van der Waals surface area contributed by atoms with Crippen molar-refractivity contribution in [1.29, 1.82) is 0 Å². The number of carbonyl (C=O) groups excluding carboxylic acids is 1. The zero-order valence-corrected chi connectivity index (χ0v) is 7.64. The molecule has 0 aliphatic carbocycles.